The van der Waals surface area contributed by atoms with Crippen LogP contribution in [0.25, 0.3) is 0 Å². The smallest absolute Gasteiger partial charge is 0.369 e. The van der Waals surface area contributed by atoms with E-state index in [1.54, 1.807) is 30.4 Å². The van der Waals surface area contributed by atoms with Crippen molar-refractivity contribution >= 4 is 17.4 Å². The summed E-state index contributed by atoms with van der Waals surface area (Å²) in [6.07, 6.45) is 0.0507. The minimum atomic E-state index is -4.29. The number of anilines is 1. The molecule has 1 aliphatic heterocycles. The van der Waals surface area contributed by atoms with E-state index in [-0.39, 0.29) is 0 Å². The Kier molecular flexibility index (Phi) is 6.37. The van der Waals surface area contributed by atoms with Gasteiger partial charge in [-0.1, -0.05) is 6.07 Å². The Labute approximate surface area is 155 Å². The third-order valence-electron chi connectivity index (χ3n) is 4.33. The molecule has 140 valence electrons. The van der Waals surface area contributed by atoms with Crippen LogP contribution in [-0.4, -0.2) is 53.3 Å². The van der Waals surface area contributed by atoms with Gasteiger partial charge in [-0.05, 0) is 37.2 Å². The van der Waals surface area contributed by atoms with Gasteiger partial charge >= 0.3 is 6.18 Å². The Bertz CT molecular complexity index is 688. The molecule has 0 bridgehead atoms. The molecule has 2 aromatic rings. The average Bonchev–Trinajstić information content (AvgIpc) is 2.66. The highest BCUT2D eigenvalue weighted by Crippen LogP contribution is 2.31. The van der Waals surface area contributed by atoms with Gasteiger partial charge in [-0.3, -0.25) is 4.90 Å². The standard InChI is InChI=1S/C18H21F3N4S/c19-18(20,21)15-3-1-4-16(13-15)25-10-8-24(9-11-25)7-2-12-26-17-5-6-22-14-23-17/h1,3-6,13-14H,2,7-12H2. The van der Waals surface area contributed by atoms with Crippen LogP contribution in [0, 0.1) is 0 Å². The third-order valence-corrected chi connectivity index (χ3v) is 5.36. The Morgan fingerprint density at radius 3 is 2.58 bits per heavy atom. The molecule has 8 heteroatoms. The quantitative estimate of drug-likeness (QED) is 0.431. The molecule has 0 amide bonds. The van der Waals surface area contributed by atoms with Gasteiger partial charge in [-0.15, -0.1) is 11.8 Å². The van der Waals surface area contributed by atoms with Gasteiger partial charge < -0.3 is 4.90 Å². The number of hydrogen-bond donors (Lipinski definition) is 0. The molecular weight excluding hydrogens is 361 g/mol. The Balaban J connectivity index is 1.42. The van der Waals surface area contributed by atoms with Crippen LogP contribution in [0.3, 0.4) is 0 Å². The van der Waals surface area contributed by atoms with Crippen molar-refractivity contribution in [2.24, 2.45) is 0 Å². The number of piperazine rings is 1. The minimum Gasteiger partial charge on any atom is -0.369 e. The molecule has 0 atom stereocenters. The first-order valence-electron chi connectivity index (χ1n) is 8.56. The van der Waals surface area contributed by atoms with Crippen molar-refractivity contribution in [1.82, 2.24) is 14.9 Å². The highest BCUT2D eigenvalue weighted by atomic mass is 32.2. The number of aromatic nitrogens is 2. The van der Waals surface area contributed by atoms with E-state index >= 15 is 0 Å². The number of thioether (sulfide) groups is 1. The van der Waals surface area contributed by atoms with Crippen LogP contribution >= 0.6 is 11.8 Å². The Hall–Kier alpha value is -1.80. The van der Waals surface area contributed by atoms with Crippen LogP contribution < -0.4 is 4.90 Å². The first-order valence-corrected chi connectivity index (χ1v) is 9.54. The van der Waals surface area contributed by atoms with Crippen molar-refractivity contribution < 1.29 is 13.2 Å². The number of alkyl halides is 3. The van der Waals surface area contributed by atoms with Crippen LogP contribution in [0.4, 0.5) is 18.9 Å². The summed E-state index contributed by atoms with van der Waals surface area (Å²) < 4.78 is 38.6. The maximum absolute atomic E-state index is 12.9. The van der Waals surface area contributed by atoms with E-state index in [1.807, 2.05) is 11.0 Å². The fourth-order valence-electron chi connectivity index (χ4n) is 2.94. The van der Waals surface area contributed by atoms with Gasteiger partial charge in [0.25, 0.3) is 0 Å². The number of benzene rings is 1. The molecule has 0 spiro atoms. The molecule has 0 saturated carbocycles. The third kappa shape index (κ3) is 5.35. The van der Waals surface area contributed by atoms with E-state index in [0.29, 0.717) is 5.69 Å². The Morgan fingerprint density at radius 1 is 1.08 bits per heavy atom. The lowest BCUT2D eigenvalue weighted by atomic mass is 10.1. The molecule has 1 aromatic heterocycles. The first-order chi connectivity index (χ1) is 12.5. The van der Waals surface area contributed by atoms with Gasteiger partial charge in [0.05, 0.1) is 10.6 Å². The largest absolute Gasteiger partial charge is 0.416 e. The second kappa shape index (κ2) is 8.73. The fraction of sp³-hybridized carbons (Fsp3) is 0.444. The van der Waals surface area contributed by atoms with Crippen LogP contribution in [0.15, 0.2) is 47.9 Å². The van der Waals surface area contributed by atoms with E-state index in [9.17, 15) is 13.2 Å². The summed E-state index contributed by atoms with van der Waals surface area (Å²) in [5.41, 5.74) is 0.0676. The number of hydrogen-bond acceptors (Lipinski definition) is 5. The van der Waals surface area contributed by atoms with Gasteiger partial charge in [0.2, 0.25) is 0 Å². The van der Waals surface area contributed by atoms with Crippen molar-refractivity contribution in [3.63, 3.8) is 0 Å². The number of rotatable bonds is 6. The molecule has 1 aliphatic rings. The van der Waals surface area contributed by atoms with Gasteiger partial charge in [-0.2, -0.15) is 13.2 Å². The number of halogens is 3. The number of nitrogens with zero attached hydrogens (tertiary/aromatic N) is 4. The van der Waals surface area contributed by atoms with Crippen LogP contribution in [0.2, 0.25) is 0 Å². The van der Waals surface area contributed by atoms with Crippen LogP contribution in [0.5, 0.6) is 0 Å². The van der Waals surface area contributed by atoms with E-state index in [1.165, 1.54) is 12.1 Å². The summed E-state index contributed by atoms with van der Waals surface area (Å²) in [5, 5.41) is 0.981. The average molecular weight is 382 g/mol. The zero-order valence-corrected chi connectivity index (χ0v) is 15.1. The fourth-order valence-corrected chi connectivity index (χ4v) is 3.70. The topological polar surface area (TPSA) is 32.3 Å². The summed E-state index contributed by atoms with van der Waals surface area (Å²) in [6.45, 7) is 4.23. The molecule has 1 aromatic carbocycles. The van der Waals surface area contributed by atoms with Crippen molar-refractivity contribution in [3.05, 3.63) is 48.4 Å². The van der Waals surface area contributed by atoms with E-state index in [0.717, 1.165) is 56.0 Å². The molecule has 26 heavy (non-hydrogen) atoms. The van der Waals surface area contributed by atoms with Gasteiger partial charge in [0.15, 0.2) is 0 Å². The van der Waals surface area contributed by atoms with E-state index in [4.69, 9.17) is 0 Å². The molecule has 4 nitrogen and oxygen atoms in total. The summed E-state index contributed by atoms with van der Waals surface area (Å²) >= 11 is 1.72. The van der Waals surface area contributed by atoms with Crippen molar-refractivity contribution in [3.8, 4) is 0 Å². The normalized spacial score (nSPS) is 16.0. The summed E-state index contributed by atoms with van der Waals surface area (Å²) in [4.78, 5) is 12.5. The minimum absolute atomic E-state index is 0.584. The molecule has 3 rings (SSSR count). The lowest BCUT2D eigenvalue weighted by Crippen LogP contribution is -2.46. The van der Waals surface area contributed by atoms with Crippen LogP contribution in [-0.2, 0) is 6.18 Å². The zero-order chi connectivity index (χ0) is 18.4. The first kappa shape index (κ1) is 19.0. The lowest BCUT2D eigenvalue weighted by Gasteiger charge is -2.36. The summed E-state index contributed by atoms with van der Waals surface area (Å²) in [7, 11) is 0. The molecule has 0 radical (unpaired) electrons. The van der Waals surface area contributed by atoms with Crippen molar-refractivity contribution in [1.29, 1.82) is 0 Å². The summed E-state index contributed by atoms with van der Waals surface area (Å²) in [5.74, 6) is 0.991. The molecular formula is C18H21F3N4S. The molecule has 1 saturated heterocycles. The second-order valence-corrected chi connectivity index (χ2v) is 7.24. The summed E-state index contributed by atoms with van der Waals surface area (Å²) in [6, 6.07) is 7.50. The van der Waals surface area contributed by atoms with Crippen LogP contribution in [0.1, 0.15) is 12.0 Å². The van der Waals surface area contributed by atoms with Crippen molar-refractivity contribution in [2.45, 2.75) is 17.6 Å². The van der Waals surface area contributed by atoms with E-state index in [2.05, 4.69) is 14.9 Å². The Morgan fingerprint density at radius 2 is 1.88 bits per heavy atom. The zero-order valence-electron chi connectivity index (χ0n) is 14.3. The highest BCUT2D eigenvalue weighted by Gasteiger charge is 2.31. The predicted molar refractivity (Wildman–Crippen MR) is 97.5 cm³/mol. The van der Waals surface area contributed by atoms with Gasteiger partial charge in [-0.25, -0.2) is 9.97 Å². The van der Waals surface area contributed by atoms with Gasteiger partial charge in [0.1, 0.15) is 6.33 Å². The molecule has 0 unspecified atom stereocenters. The van der Waals surface area contributed by atoms with Gasteiger partial charge in [0, 0.05) is 43.8 Å². The molecule has 0 N–H and O–H groups in total. The SMILES string of the molecule is FC(F)(F)c1cccc(N2CCN(CCCSc3ccncn3)CC2)c1. The molecule has 0 aliphatic carbocycles. The lowest BCUT2D eigenvalue weighted by molar-refractivity contribution is -0.137. The molecule has 2 heterocycles. The van der Waals surface area contributed by atoms with E-state index < -0.39 is 11.7 Å². The second-order valence-electron chi connectivity index (χ2n) is 6.13. The maximum atomic E-state index is 12.9. The van der Waals surface area contributed by atoms with Crippen molar-refractivity contribution in [2.75, 3.05) is 43.4 Å². The predicted octanol–water partition coefficient (Wildman–Crippen LogP) is 3.80. The maximum Gasteiger partial charge on any atom is 0.416 e. The monoisotopic (exact) mass is 382 g/mol. The highest BCUT2D eigenvalue weighted by molar-refractivity contribution is 7.99. The molecule has 1 fully saturated rings.